The lowest BCUT2D eigenvalue weighted by atomic mass is 10.1. The molecule has 1 aromatic rings. The molecule has 0 bridgehead atoms. The molecule has 6 heteroatoms. The number of halogens is 2. The number of aliphatic hydroxyl groups is 1. The third-order valence-corrected chi connectivity index (χ3v) is 3.13. The van der Waals surface area contributed by atoms with Crippen LogP contribution in [0, 0.1) is 5.92 Å². The Balaban J connectivity index is 2.50. The van der Waals surface area contributed by atoms with Gasteiger partial charge < -0.3 is 15.2 Å². The van der Waals surface area contributed by atoms with Crippen LogP contribution in [0.1, 0.15) is 13.8 Å². The first-order valence-corrected chi connectivity index (χ1v) is 6.67. The van der Waals surface area contributed by atoms with Gasteiger partial charge in [0, 0.05) is 5.02 Å². The highest BCUT2D eigenvalue weighted by Crippen LogP contribution is 2.27. The highest BCUT2D eigenvalue weighted by Gasteiger charge is 2.15. The minimum atomic E-state index is -0.307. The van der Waals surface area contributed by atoms with E-state index in [1.807, 2.05) is 13.8 Å². The molecule has 1 aromatic carbocycles. The summed E-state index contributed by atoms with van der Waals surface area (Å²) in [4.78, 5) is 11.7. The molecule has 0 aliphatic heterocycles. The lowest BCUT2D eigenvalue weighted by Gasteiger charge is -2.20. The number of aliphatic hydroxyl groups excluding tert-OH is 1. The number of benzene rings is 1. The SMILES string of the molecule is CC(C)[C@@H](CO)NC(=O)COc1ccc(Cl)cc1Cl. The van der Waals surface area contributed by atoms with Gasteiger partial charge in [-0.25, -0.2) is 0 Å². The molecule has 0 saturated heterocycles. The van der Waals surface area contributed by atoms with E-state index in [4.69, 9.17) is 33.0 Å². The fourth-order valence-corrected chi connectivity index (χ4v) is 1.87. The van der Waals surface area contributed by atoms with E-state index in [1.54, 1.807) is 18.2 Å². The van der Waals surface area contributed by atoms with Crippen molar-refractivity contribution in [3.05, 3.63) is 28.2 Å². The number of ether oxygens (including phenoxy) is 1. The van der Waals surface area contributed by atoms with Crippen LogP contribution in [0.2, 0.25) is 10.0 Å². The van der Waals surface area contributed by atoms with Crippen LogP contribution in [0.15, 0.2) is 18.2 Å². The molecule has 0 fully saturated rings. The number of carbonyl (C=O) groups excluding carboxylic acids is 1. The number of hydrogen-bond acceptors (Lipinski definition) is 3. The molecule has 1 amide bonds. The first kappa shape index (κ1) is 16.1. The van der Waals surface area contributed by atoms with Gasteiger partial charge in [0.1, 0.15) is 5.75 Å². The quantitative estimate of drug-likeness (QED) is 0.849. The van der Waals surface area contributed by atoms with Crippen molar-refractivity contribution in [3.8, 4) is 5.75 Å². The molecule has 1 rings (SSSR count). The summed E-state index contributed by atoms with van der Waals surface area (Å²) >= 11 is 11.7. The van der Waals surface area contributed by atoms with Gasteiger partial charge in [0.25, 0.3) is 5.91 Å². The molecular formula is C13H17Cl2NO3. The van der Waals surface area contributed by atoms with E-state index in [1.165, 1.54) is 0 Å². The molecule has 0 aliphatic rings. The number of nitrogens with one attached hydrogen (secondary N) is 1. The molecule has 0 heterocycles. The van der Waals surface area contributed by atoms with Crippen LogP contribution >= 0.6 is 23.2 Å². The predicted octanol–water partition coefficient (Wildman–Crippen LogP) is 2.51. The normalized spacial score (nSPS) is 12.3. The summed E-state index contributed by atoms with van der Waals surface area (Å²) in [7, 11) is 0. The van der Waals surface area contributed by atoms with Crippen LogP contribution in [0.25, 0.3) is 0 Å². The highest BCUT2D eigenvalue weighted by molar-refractivity contribution is 6.35. The molecule has 0 aromatic heterocycles. The van der Waals surface area contributed by atoms with Crippen LogP contribution < -0.4 is 10.1 Å². The van der Waals surface area contributed by atoms with Crippen molar-refractivity contribution in [2.75, 3.05) is 13.2 Å². The van der Waals surface area contributed by atoms with Gasteiger partial charge in [-0.15, -0.1) is 0 Å². The van der Waals surface area contributed by atoms with E-state index in [0.717, 1.165) is 0 Å². The van der Waals surface area contributed by atoms with Crippen LogP contribution in [0.5, 0.6) is 5.75 Å². The van der Waals surface area contributed by atoms with Gasteiger partial charge in [0.05, 0.1) is 17.7 Å². The lowest BCUT2D eigenvalue weighted by molar-refractivity contribution is -0.124. The second kappa shape index (κ2) is 7.58. The first-order valence-electron chi connectivity index (χ1n) is 5.92. The van der Waals surface area contributed by atoms with E-state index in [-0.39, 0.29) is 31.1 Å². The maximum absolute atomic E-state index is 11.7. The number of rotatable bonds is 6. The maximum Gasteiger partial charge on any atom is 0.258 e. The zero-order chi connectivity index (χ0) is 14.4. The summed E-state index contributed by atoms with van der Waals surface area (Å²) in [5, 5.41) is 12.6. The molecule has 0 radical (unpaired) electrons. The summed E-state index contributed by atoms with van der Waals surface area (Å²) in [6.07, 6.45) is 0. The van der Waals surface area contributed by atoms with Gasteiger partial charge >= 0.3 is 0 Å². The zero-order valence-corrected chi connectivity index (χ0v) is 12.3. The van der Waals surface area contributed by atoms with E-state index < -0.39 is 0 Å². The Bertz CT molecular complexity index is 438. The fourth-order valence-electron chi connectivity index (χ4n) is 1.41. The smallest absolute Gasteiger partial charge is 0.258 e. The minimum absolute atomic E-state index is 0.106. The molecule has 0 spiro atoms. The zero-order valence-electron chi connectivity index (χ0n) is 10.8. The molecule has 4 nitrogen and oxygen atoms in total. The Labute approximate surface area is 122 Å². The van der Waals surface area contributed by atoms with Gasteiger partial charge in [0.15, 0.2) is 6.61 Å². The molecule has 106 valence electrons. The Morgan fingerprint density at radius 1 is 1.42 bits per heavy atom. The molecule has 2 N–H and O–H groups in total. The predicted molar refractivity (Wildman–Crippen MR) is 75.8 cm³/mol. The standard InChI is InChI=1S/C13H17Cl2NO3/c1-8(2)11(6-17)16-13(18)7-19-12-4-3-9(14)5-10(12)15/h3-5,8,11,17H,6-7H2,1-2H3,(H,16,18)/t11-/m1/s1. The minimum Gasteiger partial charge on any atom is -0.482 e. The Hall–Kier alpha value is -0.970. The largest absolute Gasteiger partial charge is 0.482 e. The Morgan fingerprint density at radius 3 is 2.63 bits per heavy atom. The Kier molecular flexibility index (Phi) is 6.42. The molecular weight excluding hydrogens is 289 g/mol. The van der Waals surface area contributed by atoms with Crippen molar-refractivity contribution < 1.29 is 14.6 Å². The summed E-state index contributed by atoms with van der Waals surface area (Å²) in [5.74, 6) is 0.234. The summed E-state index contributed by atoms with van der Waals surface area (Å²) < 4.78 is 5.29. The topological polar surface area (TPSA) is 58.6 Å². The second-order valence-corrected chi connectivity index (χ2v) is 5.31. The average Bonchev–Trinajstić information content (AvgIpc) is 2.34. The van der Waals surface area contributed by atoms with Crippen LogP contribution in [-0.2, 0) is 4.79 Å². The maximum atomic E-state index is 11.7. The molecule has 0 unspecified atom stereocenters. The summed E-state index contributed by atoms with van der Waals surface area (Å²) in [6.45, 7) is 3.56. The van der Waals surface area contributed by atoms with Gasteiger partial charge in [-0.3, -0.25) is 4.79 Å². The number of carbonyl (C=O) groups is 1. The van der Waals surface area contributed by atoms with E-state index in [0.29, 0.717) is 15.8 Å². The van der Waals surface area contributed by atoms with Crippen molar-refractivity contribution in [2.45, 2.75) is 19.9 Å². The van der Waals surface area contributed by atoms with Gasteiger partial charge in [-0.2, -0.15) is 0 Å². The monoisotopic (exact) mass is 305 g/mol. The van der Waals surface area contributed by atoms with Crippen molar-refractivity contribution in [1.29, 1.82) is 0 Å². The summed E-state index contributed by atoms with van der Waals surface area (Å²) in [6, 6.07) is 4.49. The molecule has 19 heavy (non-hydrogen) atoms. The third kappa shape index (κ3) is 5.27. The van der Waals surface area contributed by atoms with E-state index >= 15 is 0 Å². The van der Waals surface area contributed by atoms with Crippen molar-refractivity contribution in [1.82, 2.24) is 5.32 Å². The van der Waals surface area contributed by atoms with Crippen LogP contribution in [0.3, 0.4) is 0 Å². The van der Waals surface area contributed by atoms with Crippen LogP contribution in [0.4, 0.5) is 0 Å². The van der Waals surface area contributed by atoms with Gasteiger partial charge in [-0.05, 0) is 24.1 Å². The third-order valence-electron chi connectivity index (χ3n) is 2.60. The first-order chi connectivity index (χ1) is 8.93. The highest BCUT2D eigenvalue weighted by atomic mass is 35.5. The lowest BCUT2D eigenvalue weighted by Crippen LogP contribution is -2.43. The number of amides is 1. The van der Waals surface area contributed by atoms with Gasteiger partial charge in [0.2, 0.25) is 0 Å². The number of hydrogen-bond donors (Lipinski definition) is 2. The molecule has 1 atom stereocenters. The van der Waals surface area contributed by atoms with Crippen LogP contribution in [-0.4, -0.2) is 30.3 Å². The summed E-state index contributed by atoms with van der Waals surface area (Å²) in [5.41, 5.74) is 0. The van der Waals surface area contributed by atoms with Crippen molar-refractivity contribution in [3.63, 3.8) is 0 Å². The van der Waals surface area contributed by atoms with E-state index in [9.17, 15) is 4.79 Å². The molecule has 0 saturated carbocycles. The molecule has 0 aliphatic carbocycles. The van der Waals surface area contributed by atoms with Crippen molar-refractivity contribution in [2.24, 2.45) is 5.92 Å². The Morgan fingerprint density at radius 2 is 2.11 bits per heavy atom. The average molecular weight is 306 g/mol. The fraction of sp³-hybridized carbons (Fsp3) is 0.462. The van der Waals surface area contributed by atoms with E-state index in [2.05, 4.69) is 5.32 Å². The van der Waals surface area contributed by atoms with Crippen molar-refractivity contribution >= 4 is 29.1 Å². The second-order valence-electron chi connectivity index (χ2n) is 4.46. The van der Waals surface area contributed by atoms with Gasteiger partial charge in [-0.1, -0.05) is 37.0 Å².